The van der Waals surface area contributed by atoms with Gasteiger partial charge < -0.3 is 4.74 Å². The topological polar surface area (TPSA) is 67.4 Å². The summed E-state index contributed by atoms with van der Waals surface area (Å²) in [6.45, 7) is 1.40. The molecular formula is C16H14F2N2O3. The van der Waals surface area contributed by atoms with Crippen molar-refractivity contribution in [2.45, 2.75) is 13.0 Å². The van der Waals surface area contributed by atoms with Gasteiger partial charge in [-0.2, -0.15) is 0 Å². The molecule has 2 aromatic carbocycles. The van der Waals surface area contributed by atoms with Crippen LogP contribution in [0.1, 0.15) is 17.3 Å². The van der Waals surface area contributed by atoms with Gasteiger partial charge in [-0.05, 0) is 37.3 Å². The van der Waals surface area contributed by atoms with E-state index in [4.69, 9.17) is 4.74 Å². The van der Waals surface area contributed by atoms with Gasteiger partial charge in [-0.15, -0.1) is 0 Å². The molecule has 0 aliphatic heterocycles. The van der Waals surface area contributed by atoms with E-state index in [0.29, 0.717) is 0 Å². The van der Waals surface area contributed by atoms with Crippen LogP contribution in [0.5, 0.6) is 5.75 Å². The number of rotatable bonds is 4. The van der Waals surface area contributed by atoms with E-state index >= 15 is 0 Å². The van der Waals surface area contributed by atoms with Crippen LogP contribution >= 0.6 is 0 Å². The lowest BCUT2D eigenvalue weighted by atomic mass is 10.2. The maximum Gasteiger partial charge on any atom is 0.279 e. The zero-order valence-corrected chi connectivity index (χ0v) is 12.2. The SMILES string of the molecule is CC(Oc1ccccc1F)C(=O)NNC(=O)c1cccc(F)c1. The van der Waals surface area contributed by atoms with Gasteiger partial charge in [0.1, 0.15) is 5.82 Å². The summed E-state index contributed by atoms with van der Waals surface area (Å²) in [5.74, 6) is -2.61. The van der Waals surface area contributed by atoms with Gasteiger partial charge in [-0.25, -0.2) is 8.78 Å². The molecule has 0 heterocycles. The number of halogens is 2. The number of amides is 2. The van der Waals surface area contributed by atoms with Gasteiger partial charge in [0.05, 0.1) is 0 Å². The number of carbonyl (C=O) groups is 2. The second kappa shape index (κ2) is 7.35. The number of para-hydroxylation sites is 1. The van der Waals surface area contributed by atoms with Crippen LogP contribution in [0.4, 0.5) is 8.78 Å². The zero-order valence-electron chi connectivity index (χ0n) is 12.2. The number of carbonyl (C=O) groups excluding carboxylic acids is 2. The van der Waals surface area contributed by atoms with E-state index in [1.165, 1.54) is 43.3 Å². The Morgan fingerprint density at radius 2 is 1.78 bits per heavy atom. The van der Waals surface area contributed by atoms with Crippen molar-refractivity contribution in [2.24, 2.45) is 0 Å². The summed E-state index contributed by atoms with van der Waals surface area (Å²) in [6.07, 6.45) is -1.04. The molecule has 23 heavy (non-hydrogen) atoms. The summed E-state index contributed by atoms with van der Waals surface area (Å²) in [5, 5.41) is 0. The van der Waals surface area contributed by atoms with Crippen molar-refractivity contribution >= 4 is 11.8 Å². The fourth-order valence-electron chi connectivity index (χ4n) is 1.71. The Labute approximate surface area is 131 Å². The Balaban J connectivity index is 1.89. The molecule has 0 bridgehead atoms. The highest BCUT2D eigenvalue weighted by molar-refractivity contribution is 5.95. The molecule has 0 fully saturated rings. The van der Waals surface area contributed by atoms with Crippen molar-refractivity contribution in [3.63, 3.8) is 0 Å². The maximum absolute atomic E-state index is 13.4. The lowest BCUT2D eigenvalue weighted by Crippen LogP contribution is -2.47. The summed E-state index contributed by atoms with van der Waals surface area (Å²) in [4.78, 5) is 23.6. The summed E-state index contributed by atoms with van der Waals surface area (Å²) in [6, 6.07) is 10.6. The molecule has 0 aromatic heterocycles. The molecule has 5 nitrogen and oxygen atoms in total. The van der Waals surface area contributed by atoms with Crippen LogP contribution in [-0.2, 0) is 4.79 Å². The molecule has 1 unspecified atom stereocenters. The average Bonchev–Trinajstić information content (AvgIpc) is 2.54. The fourth-order valence-corrected chi connectivity index (χ4v) is 1.71. The highest BCUT2D eigenvalue weighted by Crippen LogP contribution is 2.16. The number of benzene rings is 2. The van der Waals surface area contributed by atoms with Crippen LogP contribution in [0.2, 0.25) is 0 Å². The highest BCUT2D eigenvalue weighted by atomic mass is 19.1. The first-order chi connectivity index (χ1) is 11.0. The minimum absolute atomic E-state index is 0.0491. The van der Waals surface area contributed by atoms with E-state index in [0.717, 1.165) is 6.07 Å². The van der Waals surface area contributed by atoms with Crippen LogP contribution in [0.3, 0.4) is 0 Å². The molecule has 0 aliphatic rings. The molecule has 120 valence electrons. The van der Waals surface area contributed by atoms with Crippen LogP contribution < -0.4 is 15.6 Å². The number of nitrogens with one attached hydrogen (secondary N) is 2. The average molecular weight is 320 g/mol. The molecule has 7 heteroatoms. The fraction of sp³-hybridized carbons (Fsp3) is 0.125. The third-order valence-electron chi connectivity index (χ3n) is 2.90. The van der Waals surface area contributed by atoms with Gasteiger partial charge >= 0.3 is 0 Å². The predicted molar refractivity (Wildman–Crippen MR) is 78.5 cm³/mol. The summed E-state index contributed by atoms with van der Waals surface area (Å²) >= 11 is 0. The molecular weight excluding hydrogens is 306 g/mol. The molecule has 1 atom stereocenters. The lowest BCUT2D eigenvalue weighted by Gasteiger charge is -2.15. The highest BCUT2D eigenvalue weighted by Gasteiger charge is 2.17. The van der Waals surface area contributed by atoms with E-state index in [1.807, 2.05) is 0 Å². The molecule has 2 rings (SSSR count). The van der Waals surface area contributed by atoms with Crippen LogP contribution in [0, 0.1) is 11.6 Å². The Bertz CT molecular complexity index is 722. The lowest BCUT2D eigenvalue weighted by molar-refractivity contribution is -0.128. The molecule has 0 aliphatic carbocycles. The Morgan fingerprint density at radius 1 is 1.04 bits per heavy atom. The third-order valence-corrected chi connectivity index (χ3v) is 2.90. The van der Waals surface area contributed by atoms with Crippen LogP contribution in [0.25, 0.3) is 0 Å². The molecule has 2 amide bonds. The standard InChI is InChI=1S/C16H14F2N2O3/c1-10(23-14-8-3-2-7-13(14)18)15(21)19-20-16(22)11-5-4-6-12(17)9-11/h2-10H,1H3,(H,19,21)(H,20,22). The quantitative estimate of drug-likeness (QED) is 0.849. The normalized spacial score (nSPS) is 11.4. The van der Waals surface area contributed by atoms with E-state index < -0.39 is 29.6 Å². The van der Waals surface area contributed by atoms with Gasteiger partial charge in [-0.3, -0.25) is 20.4 Å². The molecule has 2 N–H and O–H groups in total. The van der Waals surface area contributed by atoms with E-state index in [2.05, 4.69) is 10.9 Å². The summed E-state index contributed by atoms with van der Waals surface area (Å²) < 4.78 is 31.6. The molecule has 2 aromatic rings. The first kappa shape index (κ1) is 16.4. The predicted octanol–water partition coefficient (Wildman–Crippen LogP) is 2.19. The van der Waals surface area contributed by atoms with Gasteiger partial charge in [-0.1, -0.05) is 18.2 Å². The summed E-state index contributed by atoms with van der Waals surface area (Å²) in [5.41, 5.74) is 4.31. The van der Waals surface area contributed by atoms with E-state index in [9.17, 15) is 18.4 Å². The number of hydrogen-bond acceptors (Lipinski definition) is 3. The monoisotopic (exact) mass is 320 g/mol. The molecule has 0 spiro atoms. The Hall–Kier alpha value is -2.96. The maximum atomic E-state index is 13.4. The number of hydrazine groups is 1. The zero-order chi connectivity index (χ0) is 16.8. The van der Waals surface area contributed by atoms with Crippen molar-refractivity contribution in [3.8, 4) is 5.75 Å². The van der Waals surface area contributed by atoms with Crippen LogP contribution in [0.15, 0.2) is 48.5 Å². The van der Waals surface area contributed by atoms with Crippen molar-refractivity contribution < 1.29 is 23.1 Å². The second-order valence-corrected chi connectivity index (χ2v) is 4.64. The van der Waals surface area contributed by atoms with E-state index in [-0.39, 0.29) is 11.3 Å². The Morgan fingerprint density at radius 3 is 2.48 bits per heavy atom. The smallest absolute Gasteiger partial charge is 0.279 e. The number of ether oxygens (including phenoxy) is 1. The minimum atomic E-state index is -1.04. The molecule has 0 saturated carbocycles. The summed E-state index contributed by atoms with van der Waals surface area (Å²) in [7, 11) is 0. The first-order valence-electron chi connectivity index (χ1n) is 6.74. The van der Waals surface area contributed by atoms with Gasteiger partial charge in [0.2, 0.25) is 0 Å². The van der Waals surface area contributed by atoms with Crippen molar-refractivity contribution in [2.75, 3.05) is 0 Å². The van der Waals surface area contributed by atoms with Crippen molar-refractivity contribution in [1.29, 1.82) is 0 Å². The number of hydrogen-bond donors (Lipinski definition) is 2. The van der Waals surface area contributed by atoms with Crippen molar-refractivity contribution in [3.05, 3.63) is 65.7 Å². The Kier molecular flexibility index (Phi) is 5.24. The van der Waals surface area contributed by atoms with Gasteiger partial charge in [0.15, 0.2) is 17.7 Å². The third kappa shape index (κ3) is 4.50. The van der Waals surface area contributed by atoms with Gasteiger partial charge in [0.25, 0.3) is 11.8 Å². The van der Waals surface area contributed by atoms with E-state index in [1.54, 1.807) is 6.07 Å². The second-order valence-electron chi connectivity index (χ2n) is 4.64. The molecule has 0 radical (unpaired) electrons. The van der Waals surface area contributed by atoms with Crippen molar-refractivity contribution in [1.82, 2.24) is 10.9 Å². The molecule has 0 saturated heterocycles. The van der Waals surface area contributed by atoms with Gasteiger partial charge in [0, 0.05) is 5.56 Å². The van der Waals surface area contributed by atoms with Crippen LogP contribution in [-0.4, -0.2) is 17.9 Å². The first-order valence-corrected chi connectivity index (χ1v) is 6.74. The minimum Gasteiger partial charge on any atom is -0.478 e. The largest absolute Gasteiger partial charge is 0.478 e.